The Bertz CT molecular complexity index is 848. The number of nitrogens with zero attached hydrogens (tertiary/aromatic N) is 3. The first-order valence-corrected chi connectivity index (χ1v) is 9.39. The minimum Gasteiger partial charge on any atom is -0.329 e. The van der Waals surface area contributed by atoms with Crippen LogP contribution in [0.3, 0.4) is 0 Å². The zero-order chi connectivity index (χ0) is 17.7. The van der Waals surface area contributed by atoms with E-state index in [9.17, 15) is 9.59 Å². The smallest absolute Gasteiger partial charge is 0.246 e. The Labute approximate surface area is 152 Å². The van der Waals surface area contributed by atoms with Gasteiger partial charge in [-0.15, -0.1) is 0 Å². The monoisotopic (exact) mass is 350 g/mol. The summed E-state index contributed by atoms with van der Waals surface area (Å²) in [5.41, 5.74) is 2.15. The van der Waals surface area contributed by atoms with Crippen LogP contribution in [-0.4, -0.2) is 57.8 Å². The van der Waals surface area contributed by atoms with Crippen LogP contribution in [0, 0.1) is 0 Å². The highest BCUT2D eigenvalue weighted by atomic mass is 16.2. The summed E-state index contributed by atoms with van der Waals surface area (Å²) in [6.45, 7) is 2.05. The molecule has 0 bridgehead atoms. The molecule has 6 heteroatoms. The SMILES string of the molecule is O=C1[C@@H]2C[C@H](NCc3cccc4cccnc34)CN2C(=O)[C@@H]2CCCN12. The van der Waals surface area contributed by atoms with E-state index in [1.54, 1.807) is 4.90 Å². The van der Waals surface area contributed by atoms with Crippen LogP contribution in [0.4, 0.5) is 0 Å². The van der Waals surface area contributed by atoms with Crippen LogP contribution in [0.15, 0.2) is 36.5 Å². The number of hydrogen-bond donors (Lipinski definition) is 1. The second-order valence-electron chi connectivity index (χ2n) is 7.50. The average Bonchev–Trinajstić information content (AvgIpc) is 3.32. The van der Waals surface area contributed by atoms with Crippen LogP contribution in [0.25, 0.3) is 10.9 Å². The van der Waals surface area contributed by atoms with Gasteiger partial charge in [-0.25, -0.2) is 0 Å². The van der Waals surface area contributed by atoms with Crippen LogP contribution in [0.1, 0.15) is 24.8 Å². The third kappa shape index (κ3) is 2.40. The van der Waals surface area contributed by atoms with Crippen molar-refractivity contribution in [1.29, 1.82) is 0 Å². The number of benzene rings is 1. The number of nitrogens with one attached hydrogen (secondary N) is 1. The zero-order valence-electron chi connectivity index (χ0n) is 14.6. The molecule has 2 aromatic rings. The van der Waals surface area contributed by atoms with Gasteiger partial charge < -0.3 is 15.1 Å². The van der Waals surface area contributed by atoms with Crippen molar-refractivity contribution < 1.29 is 9.59 Å². The number of aromatic nitrogens is 1. The molecule has 134 valence electrons. The molecular formula is C20H22N4O2. The standard InChI is InChI=1S/C20H22N4O2/c25-19-16-7-3-9-23(16)20(26)17-10-15(12-24(17)19)22-11-14-5-1-4-13-6-2-8-21-18(13)14/h1-2,4-6,8,15-17,22H,3,7,9-12H2/t15-,16-,17-/m0/s1. The third-order valence-electron chi connectivity index (χ3n) is 5.99. The third-order valence-corrected chi connectivity index (χ3v) is 5.99. The molecule has 0 unspecified atom stereocenters. The predicted molar refractivity (Wildman–Crippen MR) is 97.2 cm³/mol. The largest absolute Gasteiger partial charge is 0.329 e. The fourth-order valence-electron chi connectivity index (χ4n) is 4.70. The van der Waals surface area contributed by atoms with Gasteiger partial charge in [0, 0.05) is 37.3 Å². The Morgan fingerprint density at radius 1 is 1.08 bits per heavy atom. The summed E-state index contributed by atoms with van der Waals surface area (Å²) in [5, 5.41) is 4.68. The van der Waals surface area contributed by atoms with Gasteiger partial charge in [0.05, 0.1) is 5.52 Å². The molecule has 5 rings (SSSR count). The molecule has 3 atom stereocenters. The van der Waals surface area contributed by atoms with Crippen LogP contribution in [0.2, 0.25) is 0 Å². The van der Waals surface area contributed by atoms with Gasteiger partial charge in [0.25, 0.3) is 0 Å². The molecule has 2 amide bonds. The number of hydrogen-bond acceptors (Lipinski definition) is 4. The minimum atomic E-state index is -0.278. The summed E-state index contributed by atoms with van der Waals surface area (Å²) in [5.74, 6) is 0.284. The molecule has 0 aliphatic carbocycles. The molecule has 6 nitrogen and oxygen atoms in total. The molecule has 1 aromatic carbocycles. The van der Waals surface area contributed by atoms with Crippen molar-refractivity contribution in [3.8, 4) is 0 Å². The van der Waals surface area contributed by atoms with Crippen molar-refractivity contribution >= 4 is 22.7 Å². The van der Waals surface area contributed by atoms with Crippen LogP contribution < -0.4 is 5.32 Å². The van der Waals surface area contributed by atoms with Gasteiger partial charge in [0.15, 0.2) is 0 Å². The second-order valence-corrected chi connectivity index (χ2v) is 7.50. The Morgan fingerprint density at radius 3 is 2.85 bits per heavy atom. The fourth-order valence-corrected chi connectivity index (χ4v) is 4.70. The van der Waals surface area contributed by atoms with Crippen LogP contribution in [-0.2, 0) is 16.1 Å². The Hall–Kier alpha value is -2.47. The number of para-hydroxylation sites is 1. The van der Waals surface area contributed by atoms with Crippen molar-refractivity contribution in [2.75, 3.05) is 13.1 Å². The van der Waals surface area contributed by atoms with Gasteiger partial charge >= 0.3 is 0 Å². The number of pyridine rings is 1. The van der Waals surface area contributed by atoms with Gasteiger partial charge in [-0.2, -0.15) is 0 Å². The number of carbonyl (C=O) groups is 2. The Kier molecular flexibility index (Phi) is 3.67. The molecule has 1 aromatic heterocycles. The minimum absolute atomic E-state index is 0.142. The number of amides is 2. The number of rotatable bonds is 3. The quantitative estimate of drug-likeness (QED) is 0.906. The lowest BCUT2D eigenvalue weighted by Gasteiger charge is -2.38. The van der Waals surface area contributed by atoms with Gasteiger partial charge in [-0.1, -0.05) is 24.3 Å². The number of fused-ring (bicyclic) bond motifs is 3. The normalized spacial score (nSPS) is 27.9. The van der Waals surface area contributed by atoms with E-state index in [1.165, 1.54) is 0 Å². The van der Waals surface area contributed by atoms with Crippen molar-refractivity contribution in [3.05, 3.63) is 42.1 Å². The topological polar surface area (TPSA) is 65.5 Å². The molecule has 3 aliphatic heterocycles. The van der Waals surface area contributed by atoms with Crippen LogP contribution >= 0.6 is 0 Å². The summed E-state index contributed by atoms with van der Waals surface area (Å²) >= 11 is 0. The highest BCUT2D eigenvalue weighted by Crippen LogP contribution is 2.32. The molecule has 0 spiro atoms. The van der Waals surface area contributed by atoms with Gasteiger partial charge in [-0.05, 0) is 30.9 Å². The number of carbonyl (C=O) groups excluding carboxylic acids is 2. The van der Waals surface area contributed by atoms with Crippen molar-refractivity contribution in [1.82, 2.24) is 20.1 Å². The summed E-state index contributed by atoms with van der Waals surface area (Å²) in [7, 11) is 0. The maximum absolute atomic E-state index is 12.7. The molecule has 1 N–H and O–H groups in total. The molecule has 3 aliphatic rings. The Balaban J connectivity index is 1.31. The van der Waals surface area contributed by atoms with Crippen molar-refractivity contribution in [2.24, 2.45) is 0 Å². The lowest BCUT2D eigenvalue weighted by atomic mass is 10.1. The van der Waals surface area contributed by atoms with E-state index in [0.717, 1.165) is 35.9 Å². The fraction of sp³-hybridized carbons (Fsp3) is 0.450. The van der Waals surface area contributed by atoms with Crippen molar-refractivity contribution in [3.63, 3.8) is 0 Å². The molecule has 4 heterocycles. The average molecular weight is 350 g/mol. The molecular weight excluding hydrogens is 328 g/mol. The highest BCUT2D eigenvalue weighted by Gasteiger charge is 2.51. The zero-order valence-corrected chi connectivity index (χ0v) is 14.6. The van der Waals surface area contributed by atoms with E-state index in [4.69, 9.17) is 0 Å². The predicted octanol–water partition coefficient (Wildman–Crippen LogP) is 1.30. The van der Waals surface area contributed by atoms with Gasteiger partial charge in [0.2, 0.25) is 11.8 Å². The van der Waals surface area contributed by atoms with E-state index >= 15 is 0 Å². The summed E-state index contributed by atoms with van der Waals surface area (Å²) in [6.07, 6.45) is 4.27. The van der Waals surface area contributed by atoms with E-state index in [0.29, 0.717) is 19.5 Å². The van der Waals surface area contributed by atoms with E-state index in [2.05, 4.69) is 28.5 Å². The maximum Gasteiger partial charge on any atom is 0.246 e. The Morgan fingerprint density at radius 2 is 1.92 bits per heavy atom. The first kappa shape index (κ1) is 15.8. The summed E-state index contributed by atoms with van der Waals surface area (Å²) < 4.78 is 0. The maximum atomic E-state index is 12.7. The highest BCUT2D eigenvalue weighted by molar-refractivity contribution is 5.98. The van der Waals surface area contributed by atoms with E-state index in [-0.39, 0.29) is 29.9 Å². The lowest BCUT2D eigenvalue weighted by Crippen LogP contribution is -2.60. The van der Waals surface area contributed by atoms with E-state index in [1.807, 2.05) is 23.2 Å². The van der Waals surface area contributed by atoms with Gasteiger partial charge in [-0.3, -0.25) is 14.6 Å². The molecule has 0 radical (unpaired) electrons. The van der Waals surface area contributed by atoms with Crippen molar-refractivity contribution in [2.45, 2.75) is 43.9 Å². The summed E-state index contributed by atoms with van der Waals surface area (Å²) in [4.78, 5) is 33.6. The lowest BCUT2D eigenvalue weighted by molar-refractivity contribution is -0.156. The van der Waals surface area contributed by atoms with E-state index < -0.39 is 0 Å². The molecule has 3 saturated heterocycles. The first-order chi connectivity index (χ1) is 12.7. The molecule has 3 fully saturated rings. The molecule has 26 heavy (non-hydrogen) atoms. The molecule has 0 saturated carbocycles. The van der Waals surface area contributed by atoms with Crippen LogP contribution in [0.5, 0.6) is 0 Å². The summed E-state index contributed by atoms with van der Waals surface area (Å²) in [6, 6.07) is 9.85. The number of piperazine rings is 1. The van der Waals surface area contributed by atoms with Gasteiger partial charge in [0.1, 0.15) is 12.1 Å². The first-order valence-electron chi connectivity index (χ1n) is 9.39. The second kappa shape index (κ2) is 6.06.